The molecule has 3 aromatic rings. The van der Waals surface area contributed by atoms with Gasteiger partial charge in [-0.1, -0.05) is 56.1 Å². The van der Waals surface area contributed by atoms with Gasteiger partial charge in [-0.3, -0.25) is 0 Å². The molecule has 1 heterocycles. The number of hydrogen-bond donors (Lipinski definition) is 0. The SMILES string of the molecule is BrCC(Cc1ccc(Br)cc1)Cc1nc2ccccc2s1. The van der Waals surface area contributed by atoms with Crippen LogP contribution < -0.4 is 0 Å². The van der Waals surface area contributed by atoms with Crippen LogP contribution in [0.15, 0.2) is 53.0 Å². The molecule has 0 amide bonds. The summed E-state index contributed by atoms with van der Waals surface area (Å²) in [4.78, 5) is 4.75. The minimum atomic E-state index is 0.576. The highest BCUT2D eigenvalue weighted by Gasteiger charge is 2.13. The minimum absolute atomic E-state index is 0.576. The number of benzene rings is 2. The molecule has 0 aliphatic carbocycles. The third-order valence-electron chi connectivity index (χ3n) is 3.46. The lowest BCUT2D eigenvalue weighted by Crippen LogP contribution is -2.09. The molecule has 0 bridgehead atoms. The van der Waals surface area contributed by atoms with Crippen LogP contribution in [0.3, 0.4) is 0 Å². The van der Waals surface area contributed by atoms with E-state index in [0.29, 0.717) is 5.92 Å². The molecule has 0 aliphatic heterocycles. The van der Waals surface area contributed by atoms with Crippen LogP contribution >= 0.6 is 43.2 Å². The van der Waals surface area contributed by atoms with Crippen molar-refractivity contribution in [3.63, 3.8) is 0 Å². The van der Waals surface area contributed by atoms with E-state index in [0.717, 1.165) is 28.2 Å². The van der Waals surface area contributed by atoms with Crippen LogP contribution in [-0.2, 0) is 12.8 Å². The van der Waals surface area contributed by atoms with Crippen molar-refractivity contribution >= 4 is 53.4 Å². The first-order chi connectivity index (χ1) is 10.2. The Labute approximate surface area is 145 Å². The molecular weight excluding hydrogens is 410 g/mol. The molecule has 0 saturated carbocycles. The summed E-state index contributed by atoms with van der Waals surface area (Å²) in [6, 6.07) is 17.0. The summed E-state index contributed by atoms with van der Waals surface area (Å²) in [5.41, 5.74) is 2.50. The predicted octanol–water partition coefficient (Wildman–Crippen LogP) is 5.86. The van der Waals surface area contributed by atoms with Crippen LogP contribution in [0.2, 0.25) is 0 Å². The highest BCUT2D eigenvalue weighted by molar-refractivity contribution is 9.10. The van der Waals surface area contributed by atoms with E-state index >= 15 is 0 Å². The van der Waals surface area contributed by atoms with Gasteiger partial charge in [-0.05, 0) is 42.2 Å². The topological polar surface area (TPSA) is 12.9 Å². The first-order valence-corrected chi connectivity index (χ1v) is 9.62. The second-order valence-electron chi connectivity index (χ2n) is 5.13. The van der Waals surface area contributed by atoms with Gasteiger partial charge in [0.05, 0.1) is 15.2 Å². The second kappa shape index (κ2) is 7.03. The predicted molar refractivity (Wildman–Crippen MR) is 98.5 cm³/mol. The Bertz CT molecular complexity index is 688. The Balaban J connectivity index is 1.73. The fraction of sp³-hybridized carbons (Fsp3) is 0.235. The fourth-order valence-corrected chi connectivity index (χ4v) is 4.19. The largest absolute Gasteiger partial charge is 0.241 e. The molecule has 1 aromatic heterocycles. The van der Waals surface area contributed by atoms with E-state index in [1.165, 1.54) is 15.3 Å². The third kappa shape index (κ3) is 3.93. The van der Waals surface area contributed by atoms with E-state index in [2.05, 4.69) is 80.4 Å². The van der Waals surface area contributed by atoms with Crippen molar-refractivity contribution < 1.29 is 0 Å². The van der Waals surface area contributed by atoms with Crippen molar-refractivity contribution in [2.75, 3.05) is 5.33 Å². The van der Waals surface area contributed by atoms with Crippen molar-refractivity contribution in [2.24, 2.45) is 5.92 Å². The van der Waals surface area contributed by atoms with Gasteiger partial charge in [-0.15, -0.1) is 11.3 Å². The number of rotatable bonds is 5. The van der Waals surface area contributed by atoms with Crippen LogP contribution in [0, 0.1) is 5.92 Å². The van der Waals surface area contributed by atoms with Crippen LogP contribution in [-0.4, -0.2) is 10.3 Å². The number of halogens is 2. The van der Waals surface area contributed by atoms with Gasteiger partial charge < -0.3 is 0 Å². The van der Waals surface area contributed by atoms with Crippen molar-refractivity contribution in [1.82, 2.24) is 4.98 Å². The van der Waals surface area contributed by atoms with Crippen molar-refractivity contribution in [2.45, 2.75) is 12.8 Å². The van der Waals surface area contributed by atoms with Crippen LogP contribution in [0.5, 0.6) is 0 Å². The van der Waals surface area contributed by atoms with Gasteiger partial charge in [0.1, 0.15) is 0 Å². The van der Waals surface area contributed by atoms with Gasteiger partial charge in [0.25, 0.3) is 0 Å². The summed E-state index contributed by atoms with van der Waals surface area (Å²) in [6.45, 7) is 0. The second-order valence-corrected chi connectivity index (χ2v) is 7.81. The van der Waals surface area contributed by atoms with Gasteiger partial charge in [0.2, 0.25) is 0 Å². The maximum absolute atomic E-state index is 4.75. The lowest BCUT2D eigenvalue weighted by molar-refractivity contribution is 0.590. The monoisotopic (exact) mass is 423 g/mol. The molecule has 1 atom stereocenters. The molecule has 108 valence electrons. The molecule has 0 N–H and O–H groups in total. The first kappa shape index (κ1) is 15.2. The maximum atomic E-state index is 4.75. The Kier molecular flexibility index (Phi) is 5.09. The molecule has 0 spiro atoms. The molecule has 3 rings (SSSR count). The van der Waals surface area contributed by atoms with Gasteiger partial charge in [0, 0.05) is 16.2 Å². The smallest absolute Gasteiger partial charge is 0.0941 e. The summed E-state index contributed by atoms with van der Waals surface area (Å²) < 4.78 is 2.41. The normalized spacial score (nSPS) is 12.7. The zero-order valence-electron chi connectivity index (χ0n) is 11.4. The van der Waals surface area contributed by atoms with Gasteiger partial charge >= 0.3 is 0 Å². The first-order valence-electron chi connectivity index (χ1n) is 6.89. The van der Waals surface area contributed by atoms with E-state index in [-0.39, 0.29) is 0 Å². The average Bonchev–Trinajstić information content (AvgIpc) is 2.91. The summed E-state index contributed by atoms with van der Waals surface area (Å²) in [5, 5.41) is 2.23. The molecule has 21 heavy (non-hydrogen) atoms. The summed E-state index contributed by atoms with van der Waals surface area (Å²) in [6.07, 6.45) is 2.11. The Hall–Kier alpha value is -0.710. The van der Waals surface area contributed by atoms with E-state index in [1.54, 1.807) is 0 Å². The zero-order chi connectivity index (χ0) is 14.7. The summed E-state index contributed by atoms with van der Waals surface area (Å²) >= 11 is 8.96. The highest BCUT2D eigenvalue weighted by Crippen LogP contribution is 2.25. The Morgan fingerprint density at radius 1 is 1.00 bits per heavy atom. The fourth-order valence-electron chi connectivity index (χ4n) is 2.39. The molecule has 0 saturated heterocycles. The lowest BCUT2D eigenvalue weighted by atomic mass is 9.98. The van der Waals surface area contributed by atoms with E-state index in [4.69, 9.17) is 4.98 Å². The average molecular weight is 425 g/mol. The third-order valence-corrected chi connectivity index (χ3v) is 5.96. The van der Waals surface area contributed by atoms with Crippen LogP contribution in [0.1, 0.15) is 10.6 Å². The van der Waals surface area contributed by atoms with E-state index < -0.39 is 0 Å². The Morgan fingerprint density at radius 2 is 1.76 bits per heavy atom. The van der Waals surface area contributed by atoms with Crippen molar-refractivity contribution in [1.29, 1.82) is 0 Å². The lowest BCUT2D eigenvalue weighted by Gasteiger charge is -2.12. The van der Waals surface area contributed by atoms with Gasteiger partial charge in [0.15, 0.2) is 0 Å². The quantitative estimate of drug-likeness (QED) is 0.467. The molecule has 1 unspecified atom stereocenters. The minimum Gasteiger partial charge on any atom is -0.241 e. The number of fused-ring (bicyclic) bond motifs is 1. The molecule has 2 aromatic carbocycles. The van der Waals surface area contributed by atoms with E-state index in [9.17, 15) is 0 Å². The highest BCUT2D eigenvalue weighted by atomic mass is 79.9. The maximum Gasteiger partial charge on any atom is 0.0941 e. The zero-order valence-corrected chi connectivity index (χ0v) is 15.4. The van der Waals surface area contributed by atoms with E-state index in [1.807, 2.05) is 11.3 Å². The van der Waals surface area contributed by atoms with Crippen molar-refractivity contribution in [3.8, 4) is 0 Å². The van der Waals surface area contributed by atoms with Gasteiger partial charge in [-0.2, -0.15) is 0 Å². The van der Waals surface area contributed by atoms with Crippen LogP contribution in [0.25, 0.3) is 10.2 Å². The number of aromatic nitrogens is 1. The summed E-state index contributed by atoms with van der Waals surface area (Å²) in [5.74, 6) is 0.576. The van der Waals surface area contributed by atoms with Crippen LogP contribution in [0.4, 0.5) is 0 Å². The molecular formula is C17H15Br2NS. The standard InChI is InChI=1S/C17H15Br2NS/c18-11-13(9-12-5-7-14(19)8-6-12)10-17-20-15-3-1-2-4-16(15)21-17/h1-8,13H,9-11H2. The molecule has 1 nitrogen and oxygen atoms in total. The van der Waals surface area contributed by atoms with Gasteiger partial charge in [-0.25, -0.2) is 4.98 Å². The number of nitrogens with zero attached hydrogens (tertiary/aromatic N) is 1. The number of hydrogen-bond acceptors (Lipinski definition) is 2. The number of para-hydroxylation sites is 1. The molecule has 0 fully saturated rings. The number of thiazole rings is 1. The Morgan fingerprint density at radius 3 is 2.48 bits per heavy atom. The number of alkyl halides is 1. The summed E-state index contributed by atoms with van der Waals surface area (Å²) in [7, 11) is 0. The molecule has 4 heteroatoms. The molecule has 0 radical (unpaired) electrons. The van der Waals surface area contributed by atoms with Crippen molar-refractivity contribution in [3.05, 3.63) is 63.6 Å². The molecule has 0 aliphatic rings.